The molecule has 2 unspecified atom stereocenters. The third kappa shape index (κ3) is 4.31. The summed E-state index contributed by atoms with van der Waals surface area (Å²) in [5.74, 6) is 1.71. The van der Waals surface area contributed by atoms with Crippen LogP contribution in [0.15, 0.2) is 12.4 Å². The van der Waals surface area contributed by atoms with Gasteiger partial charge in [-0.1, -0.05) is 20.3 Å². The third-order valence-electron chi connectivity index (χ3n) is 3.61. The number of rotatable bonds is 6. The summed E-state index contributed by atoms with van der Waals surface area (Å²) in [6.45, 7) is 4.78. The predicted octanol–water partition coefficient (Wildman–Crippen LogP) is 1.84. The molecule has 1 aliphatic carbocycles. The van der Waals surface area contributed by atoms with Crippen LogP contribution < -0.4 is 15.4 Å². The topological polar surface area (TPSA) is 76.1 Å². The summed E-state index contributed by atoms with van der Waals surface area (Å²) in [4.78, 5) is 20.4. The van der Waals surface area contributed by atoms with E-state index in [1.54, 1.807) is 19.4 Å². The third-order valence-corrected chi connectivity index (χ3v) is 3.61. The van der Waals surface area contributed by atoms with Crippen LogP contribution in [0.25, 0.3) is 0 Å². The van der Waals surface area contributed by atoms with E-state index in [0.29, 0.717) is 24.2 Å². The van der Waals surface area contributed by atoms with Crippen LogP contribution in [0.2, 0.25) is 0 Å². The monoisotopic (exact) mass is 292 g/mol. The van der Waals surface area contributed by atoms with Crippen molar-refractivity contribution < 1.29 is 9.53 Å². The molecule has 1 amide bonds. The van der Waals surface area contributed by atoms with Crippen LogP contribution >= 0.6 is 0 Å². The second kappa shape index (κ2) is 7.24. The molecule has 0 radical (unpaired) electrons. The summed E-state index contributed by atoms with van der Waals surface area (Å²) < 4.78 is 5.58. The highest BCUT2D eigenvalue weighted by atomic mass is 16.5. The van der Waals surface area contributed by atoms with Gasteiger partial charge in [0.25, 0.3) is 0 Å². The Kier molecular flexibility index (Phi) is 5.36. The van der Waals surface area contributed by atoms with E-state index in [4.69, 9.17) is 4.74 Å². The van der Waals surface area contributed by atoms with Gasteiger partial charge in [-0.15, -0.1) is 0 Å². The van der Waals surface area contributed by atoms with E-state index in [2.05, 4.69) is 34.4 Å². The quantitative estimate of drug-likeness (QED) is 0.836. The summed E-state index contributed by atoms with van der Waals surface area (Å²) in [5.41, 5.74) is 0. The maximum absolute atomic E-state index is 11.8. The Balaban J connectivity index is 1.98. The lowest BCUT2D eigenvalue weighted by Gasteiger charge is -2.20. The number of nitrogens with one attached hydrogen (secondary N) is 2. The largest absolute Gasteiger partial charge is 0.476 e. The zero-order chi connectivity index (χ0) is 15.2. The molecule has 0 aromatic carbocycles. The normalized spacial score (nSPS) is 21.3. The first-order valence-electron chi connectivity index (χ1n) is 7.53. The van der Waals surface area contributed by atoms with Gasteiger partial charge in [0.05, 0.1) is 24.9 Å². The van der Waals surface area contributed by atoms with Crippen LogP contribution in [0.4, 0.5) is 5.82 Å². The van der Waals surface area contributed by atoms with Crippen LogP contribution in [-0.4, -0.2) is 35.6 Å². The highest BCUT2D eigenvalue weighted by molar-refractivity contribution is 5.79. The fourth-order valence-electron chi connectivity index (χ4n) is 2.56. The smallest absolute Gasteiger partial charge is 0.234 e. The van der Waals surface area contributed by atoms with Crippen molar-refractivity contribution in [1.29, 1.82) is 0 Å². The van der Waals surface area contributed by atoms with Crippen LogP contribution in [0.1, 0.15) is 33.1 Å². The zero-order valence-corrected chi connectivity index (χ0v) is 12.9. The maximum Gasteiger partial charge on any atom is 0.234 e. The lowest BCUT2D eigenvalue weighted by molar-refractivity contribution is -0.124. The Morgan fingerprint density at radius 2 is 2.24 bits per heavy atom. The minimum atomic E-state index is -0.00274. The molecule has 0 spiro atoms. The van der Waals surface area contributed by atoms with Crippen molar-refractivity contribution in [2.24, 2.45) is 11.8 Å². The Hall–Kier alpha value is -1.85. The lowest BCUT2D eigenvalue weighted by Crippen LogP contribution is -2.36. The molecule has 2 N–H and O–H groups in total. The summed E-state index contributed by atoms with van der Waals surface area (Å²) in [6.07, 6.45) is 6.21. The number of nitrogens with zero attached hydrogens (tertiary/aromatic N) is 2. The average molecular weight is 292 g/mol. The zero-order valence-electron chi connectivity index (χ0n) is 12.9. The van der Waals surface area contributed by atoms with Gasteiger partial charge in [-0.3, -0.25) is 9.78 Å². The first-order chi connectivity index (χ1) is 10.1. The minimum Gasteiger partial charge on any atom is -0.476 e. The molecule has 2 atom stereocenters. The van der Waals surface area contributed by atoms with E-state index in [9.17, 15) is 4.79 Å². The van der Waals surface area contributed by atoms with E-state index < -0.39 is 0 Å². The van der Waals surface area contributed by atoms with Gasteiger partial charge in [0, 0.05) is 13.1 Å². The first-order valence-corrected chi connectivity index (χ1v) is 7.53. The molecule has 1 fully saturated rings. The number of amides is 1. The van der Waals surface area contributed by atoms with Crippen LogP contribution in [-0.2, 0) is 4.79 Å². The van der Waals surface area contributed by atoms with Crippen molar-refractivity contribution in [3.05, 3.63) is 12.4 Å². The van der Waals surface area contributed by atoms with Crippen molar-refractivity contribution in [2.75, 3.05) is 19.0 Å². The van der Waals surface area contributed by atoms with Gasteiger partial charge < -0.3 is 15.4 Å². The predicted molar refractivity (Wildman–Crippen MR) is 81.2 cm³/mol. The fourth-order valence-corrected chi connectivity index (χ4v) is 2.56. The number of aromatic nitrogens is 2. The molecule has 0 bridgehead atoms. The molecule has 1 saturated carbocycles. The molecule has 2 rings (SSSR count). The molecule has 6 nitrogen and oxygen atoms in total. The highest BCUT2D eigenvalue weighted by Crippen LogP contribution is 2.28. The fraction of sp³-hybridized carbons (Fsp3) is 0.667. The summed E-state index contributed by atoms with van der Waals surface area (Å²) >= 11 is 0. The summed E-state index contributed by atoms with van der Waals surface area (Å²) in [6, 6.07) is 0.111. The van der Waals surface area contributed by atoms with Crippen molar-refractivity contribution in [2.45, 2.75) is 39.2 Å². The van der Waals surface area contributed by atoms with Crippen molar-refractivity contribution >= 4 is 11.7 Å². The maximum atomic E-state index is 11.8. The molecule has 116 valence electrons. The Morgan fingerprint density at radius 3 is 2.95 bits per heavy atom. The van der Waals surface area contributed by atoms with Gasteiger partial charge >= 0.3 is 0 Å². The van der Waals surface area contributed by atoms with E-state index in [0.717, 1.165) is 19.3 Å². The Morgan fingerprint density at radius 1 is 1.43 bits per heavy atom. The number of ether oxygens (including phenoxy) is 1. The highest BCUT2D eigenvalue weighted by Gasteiger charge is 2.32. The minimum absolute atomic E-state index is 0.00274. The van der Waals surface area contributed by atoms with Gasteiger partial charge in [-0.2, -0.15) is 4.98 Å². The summed E-state index contributed by atoms with van der Waals surface area (Å²) in [7, 11) is 1.68. The van der Waals surface area contributed by atoms with E-state index in [-0.39, 0.29) is 17.9 Å². The van der Waals surface area contributed by atoms with Crippen molar-refractivity contribution in [3.63, 3.8) is 0 Å². The Labute approximate surface area is 125 Å². The molecule has 21 heavy (non-hydrogen) atoms. The van der Waals surface area contributed by atoms with Crippen molar-refractivity contribution in [3.8, 4) is 5.88 Å². The van der Waals surface area contributed by atoms with Gasteiger partial charge in [0.2, 0.25) is 11.8 Å². The standard InChI is InChI=1S/C15H24N4O2/c1-10(2)9-21-14-8-17-7-13(19-14)18-12-6-4-5-11(12)15(20)16-3/h7-8,10-12H,4-6,9H2,1-3H3,(H,16,20)(H,18,19). The number of carbonyl (C=O) groups is 1. The van der Waals surface area contributed by atoms with Gasteiger partial charge in [0.15, 0.2) is 0 Å². The average Bonchev–Trinajstić information content (AvgIpc) is 2.93. The van der Waals surface area contributed by atoms with Crippen LogP contribution in [0.3, 0.4) is 0 Å². The molecule has 1 heterocycles. The first kappa shape index (κ1) is 15.5. The molecule has 1 aliphatic rings. The van der Waals surface area contributed by atoms with Crippen LogP contribution in [0, 0.1) is 11.8 Å². The molecule has 0 aliphatic heterocycles. The van der Waals surface area contributed by atoms with Gasteiger partial charge in [-0.25, -0.2) is 0 Å². The van der Waals surface area contributed by atoms with Gasteiger partial charge in [-0.05, 0) is 18.8 Å². The number of hydrogen-bond acceptors (Lipinski definition) is 5. The molecule has 1 aromatic heterocycles. The molecule has 1 aromatic rings. The molecule has 6 heteroatoms. The SMILES string of the molecule is CNC(=O)C1CCCC1Nc1cncc(OCC(C)C)n1. The number of hydrogen-bond donors (Lipinski definition) is 2. The molecular formula is C15H24N4O2. The Bertz CT molecular complexity index is 478. The number of carbonyl (C=O) groups excluding carboxylic acids is 1. The van der Waals surface area contributed by atoms with Gasteiger partial charge in [0.1, 0.15) is 5.82 Å². The number of anilines is 1. The second-order valence-corrected chi connectivity index (χ2v) is 5.85. The van der Waals surface area contributed by atoms with E-state index in [1.165, 1.54) is 0 Å². The van der Waals surface area contributed by atoms with E-state index in [1.807, 2.05) is 0 Å². The molecule has 0 saturated heterocycles. The second-order valence-electron chi connectivity index (χ2n) is 5.85. The van der Waals surface area contributed by atoms with Crippen LogP contribution in [0.5, 0.6) is 5.88 Å². The lowest BCUT2D eigenvalue weighted by atomic mass is 10.0. The van der Waals surface area contributed by atoms with E-state index >= 15 is 0 Å². The van der Waals surface area contributed by atoms with Crippen molar-refractivity contribution in [1.82, 2.24) is 15.3 Å². The molecular weight excluding hydrogens is 268 g/mol. The summed E-state index contributed by atoms with van der Waals surface area (Å²) in [5, 5.41) is 6.05.